The Hall–Kier alpha value is -2.87. The highest BCUT2D eigenvalue weighted by Gasteiger charge is 2.31. The normalized spacial score (nSPS) is 19.4. The summed E-state index contributed by atoms with van der Waals surface area (Å²) in [5, 5.41) is 16.0. The van der Waals surface area contributed by atoms with Crippen molar-refractivity contribution in [1.29, 1.82) is 0 Å². The molecule has 2 amide bonds. The average molecular weight is 401 g/mol. The number of para-hydroxylation sites is 1. The number of amides is 2. The zero-order chi connectivity index (χ0) is 19.7. The Bertz CT molecular complexity index is 924. The Kier molecular flexibility index (Phi) is 5.04. The third-order valence-electron chi connectivity index (χ3n) is 5.19. The third-order valence-corrected chi connectivity index (χ3v) is 5.51. The van der Waals surface area contributed by atoms with E-state index in [9.17, 15) is 4.79 Å². The number of hydrogen-bond acceptors (Lipinski definition) is 6. The molecule has 0 radical (unpaired) electrons. The number of fused-ring (bicyclic) bond motifs is 1. The molecule has 0 atom stereocenters. The molecular weight excluding hydrogens is 380 g/mol. The van der Waals surface area contributed by atoms with Crippen LogP contribution in [0.5, 0.6) is 0 Å². The minimum Gasteiger partial charge on any atom is -0.411 e. The lowest BCUT2D eigenvalue weighted by atomic mass is 9.94. The standard InChI is InChI=1S/C19H21ClN6O2/c1-25-17-12(11-26(19(25)27)16-5-3-2-4-15(16)20)10-21-18(23-17)22-13-6-8-14(24-28)9-7-13/h2-5,10,13,28H,6-9,11H2,1H3,(H,21,22,23). The molecular formula is C19H21ClN6O2. The number of aromatic nitrogens is 2. The van der Waals surface area contributed by atoms with E-state index in [0.29, 0.717) is 29.0 Å². The monoisotopic (exact) mass is 400 g/mol. The van der Waals surface area contributed by atoms with E-state index in [1.807, 2.05) is 18.2 Å². The summed E-state index contributed by atoms with van der Waals surface area (Å²) in [6.45, 7) is 0.363. The summed E-state index contributed by atoms with van der Waals surface area (Å²) < 4.78 is 0. The van der Waals surface area contributed by atoms with Gasteiger partial charge in [0.1, 0.15) is 5.82 Å². The van der Waals surface area contributed by atoms with Gasteiger partial charge >= 0.3 is 6.03 Å². The lowest BCUT2D eigenvalue weighted by Gasteiger charge is -2.34. The zero-order valence-corrected chi connectivity index (χ0v) is 16.2. The van der Waals surface area contributed by atoms with Gasteiger partial charge in [-0.15, -0.1) is 0 Å². The van der Waals surface area contributed by atoms with Crippen molar-refractivity contribution in [2.45, 2.75) is 38.3 Å². The summed E-state index contributed by atoms with van der Waals surface area (Å²) in [4.78, 5) is 25.0. The molecule has 0 unspecified atom stereocenters. The van der Waals surface area contributed by atoms with Crippen LogP contribution in [0.3, 0.4) is 0 Å². The molecule has 1 fully saturated rings. The summed E-state index contributed by atoms with van der Waals surface area (Å²) in [7, 11) is 1.70. The molecule has 146 valence electrons. The van der Waals surface area contributed by atoms with Gasteiger partial charge in [-0.2, -0.15) is 4.98 Å². The Labute approximate surface area is 167 Å². The SMILES string of the molecule is CN1C(=O)N(c2ccccc2Cl)Cc2cnc(NC3CCC(=NO)CC3)nc21. The van der Waals surface area contributed by atoms with Crippen LogP contribution in [0.1, 0.15) is 31.2 Å². The van der Waals surface area contributed by atoms with E-state index in [0.717, 1.165) is 37.0 Å². The van der Waals surface area contributed by atoms with E-state index >= 15 is 0 Å². The largest absolute Gasteiger partial charge is 0.411 e. The number of benzene rings is 1. The summed E-state index contributed by atoms with van der Waals surface area (Å²) in [5.41, 5.74) is 2.35. The molecule has 0 spiro atoms. The second kappa shape index (κ2) is 7.63. The second-order valence-corrected chi connectivity index (χ2v) is 7.41. The number of carbonyl (C=O) groups excluding carboxylic acids is 1. The van der Waals surface area contributed by atoms with Gasteiger partial charge < -0.3 is 10.5 Å². The van der Waals surface area contributed by atoms with E-state index in [2.05, 4.69) is 20.4 Å². The maximum absolute atomic E-state index is 12.9. The highest BCUT2D eigenvalue weighted by Crippen LogP contribution is 2.33. The summed E-state index contributed by atoms with van der Waals surface area (Å²) in [6.07, 6.45) is 4.97. The summed E-state index contributed by atoms with van der Waals surface area (Å²) >= 11 is 6.27. The fourth-order valence-electron chi connectivity index (χ4n) is 3.62. The van der Waals surface area contributed by atoms with Crippen molar-refractivity contribution in [3.63, 3.8) is 0 Å². The van der Waals surface area contributed by atoms with Crippen molar-refractivity contribution in [3.05, 3.63) is 41.0 Å². The molecule has 0 saturated heterocycles. The van der Waals surface area contributed by atoms with E-state index in [1.165, 1.54) is 4.90 Å². The number of urea groups is 1. The molecule has 0 bridgehead atoms. The smallest absolute Gasteiger partial charge is 0.330 e. The van der Waals surface area contributed by atoms with Crippen LogP contribution in [0, 0.1) is 0 Å². The molecule has 1 aromatic carbocycles. The van der Waals surface area contributed by atoms with Crippen molar-refractivity contribution >= 4 is 40.8 Å². The molecule has 28 heavy (non-hydrogen) atoms. The number of anilines is 3. The van der Waals surface area contributed by atoms with Crippen LogP contribution >= 0.6 is 11.6 Å². The fourth-order valence-corrected chi connectivity index (χ4v) is 3.85. The molecule has 8 nitrogen and oxygen atoms in total. The number of oxime groups is 1. The molecule has 2 aliphatic rings. The van der Waals surface area contributed by atoms with Gasteiger partial charge in [-0.1, -0.05) is 28.9 Å². The van der Waals surface area contributed by atoms with Gasteiger partial charge in [-0.25, -0.2) is 9.78 Å². The first-order chi connectivity index (χ1) is 13.6. The van der Waals surface area contributed by atoms with Gasteiger partial charge in [-0.05, 0) is 37.8 Å². The minimum atomic E-state index is -0.188. The number of halogens is 1. The number of carbonyl (C=O) groups is 1. The van der Waals surface area contributed by atoms with Crippen molar-refractivity contribution in [1.82, 2.24) is 9.97 Å². The third kappa shape index (κ3) is 3.47. The van der Waals surface area contributed by atoms with Crippen LogP contribution in [0.25, 0.3) is 0 Å². The van der Waals surface area contributed by atoms with Crippen LogP contribution < -0.4 is 15.1 Å². The van der Waals surface area contributed by atoms with Crippen LogP contribution in [0.2, 0.25) is 5.02 Å². The van der Waals surface area contributed by atoms with Crippen LogP contribution in [-0.2, 0) is 6.54 Å². The van der Waals surface area contributed by atoms with Crippen molar-refractivity contribution < 1.29 is 10.0 Å². The van der Waals surface area contributed by atoms with Crippen LogP contribution in [0.15, 0.2) is 35.6 Å². The van der Waals surface area contributed by atoms with Crippen molar-refractivity contribution in [3.8, 4) is 0 Å². The molecule has 4 rings (SSSR count). The van der Waals surface area contributed by atoms with Crippen molar-refractivity contribution in [2.24, 2.45) is 5.16 Å². The van der Waals surface area contributed by atoms with E-state index in [1.54, 1.807) is 24.2 Å². The quantitative estimate of drug-likeness (QED) is 0.602. The first kappa shape index (κ1) is 18.5. The number of nitrogens with one attached hydrogen (secondary N) is 1. The number of hydrogen-bond donors (Lipinski definition) is 2. The maximum Gasteiger partial charge on any atom is 0.330 e. The van der Waals surface area contributed by atoms with Gasteiger partial charge in [0, 0.05) is 24.8 Å². The second-order valence-electron chi connectivity index (χ2n) is 7.01. The predicted molar refractivity (Wildman–Crippen MR) is 109 cm³/mol. The molecule has 1 aliphatic heterocycles. The highest BCUT2D eigenvalue weighted by atomic mass is 35.5. The number of rotatable bonds is 3. The maximum atomic E-state index is 12.9. The highest BCUT2D eigenvalue weighted by molar-refractivity contribution is 6.34. The first-order valence-corrected chi connectivity index (χ1v) is 9.56. The Morgan fingerprint density at radius 3 is 2.75 bits per heavy atom. The van der Waals surface area contributed by atoms with Gasteiger partial charge in [0.15, 0.2) is 0 Å². The van der Waals surface area contributed by atoms with Crippen LogP contribution in [-0.4, -0.2) is 40.0 Å². The molecule has 2 N–H and O–H groups in total. The topological polar surface area (TPSA) is 94.0 Å². The Balaban J connectivity index is 1.54. The van der Waals surface area contributed by atoms with E-state index in [-0.39, 0.29) is 12.1 Å². The molecule has 2 heterocycles. The Morgan fingerprint density at radius 1 is 1.29 bits per heavy atom. The van der Waals surface area contributed by atoms with Crippen LogP contribution in [0.4, 0.5) is 22.2 Å². The molecule has 1 aromatic heterocycles. The first-order valence-electron chi connectivity index (χ1n) is 9.19. The fraction of sp³-hybridized carbons (Fsp3) is 0.368. The molecule has 9 heteroatoms. The minimum absolute atomic E-state index is 0.188. The van der Waals surface area contributed by atoms with Gasteiger partial charge in [-0.3, -0.25) is 9.80 Å². The number of nitrogens with zero attached hydrogens (tertiary/aromatic N) is 5. The predicted octanol–water partition coefficient (Wildman–Crippen LogP) is 3.89. The average Bonchev–Trinajstić information content (AvgIpc) is 2.72. The lowest BCUT2D eigenvalue weighted by Crippen LogP contribution is -2.46. The van der Waals surface area contributed by atoms with E-state index < -0.39 is 0 Å². The molecule has 2 aromatic rings. The molecule has 1 saturated carbocycles. The zero-order valence-electron chi connectivity index (χ0n) is 15.5. The Morgan fingerprint density at radius 2 is 2.04 bits per heavy atom. The summed E-state index contributed by atoms with van der Waals surface area (Å²) in [5.74, 6) is 1.10. The van der Waals surface area contributed by atoms with Gasteiger partial charge in [0.05, 0.1) is 23.0 Å². The lowest BCUT2D eigenvalue weighted by molar-refractivity contribution is 0.251. The van der Waals surface area contributed by atoms with Gasteiger partial charge in [0.2, 0.25) is 5.95 Å². The van der Waals surface area contributed by atoms with E-state index in [4.69, 9.17) is 16.8 Å². The summed E-state index contributed by atoms with van der Waals surface area (Å²) in [6, 6.07) is 7.30. The van der Waals surface area contributed by atoms with Crippen molar-refractivity contribution in [2.75, 3.05) is 22.2 Å². The molecule has 1 aliphatic carbocycles. The van der Waals surface area contributed by atoms with Gasteiger partial charge in [0.25, 0.3) is 0 Å².